The first-order valence-electron chi connectivity index (χ1n) is 10.3. The van der Waals surface area contributed by atoms with Crippen LogP contribution in [0.5, 0.6) is 0 Å². The van der Waals surface area contributed by atoms with E-state index in [4.69, 9.17) is 15.7 Å². The molecule has 3 aromatic rings. The zero-order valence-corrected chi connectivity index (χ0v) is 17.7. The van der Waals surface area contributed by atoms with Crippen LogP contribution in [-0.4, -0.2) is 42.8 Å². The van der Waals surface area contributed by atoms with Gasteiger partial charge in [-0.3, -0.25) is 0 Å². The van der Waals surface area contributed by atoms with Crippen molar-refractivity contribution in [3.63, 3.8) is 0 Å². The third-order valence-electron chi connectivity index (χ3n) is 5.94. The first-order chi connectivity index (χ1) is 14.4. The predicted octanol–water partition coefficient (Wildman–Crippen LogP) is 2.63. The van der Waals surface area contributed by atoms with Crippen LogP contribution in [0.3, 0.4) is 0 Å². The average Bonchev–Trinajstić information content (AvgIpc) is 2.83. The van der Waals surface area contributed by atoms with Crippen LogP contribution in [0.1, 0.15) is 24.0 Å². The molecule has 0 saturated heterocycles. The minimum atomic E-state index is -3.32. The van der Waals surface area contributed by atoms with Crippen molar-refractivity contribution in [3.05, 3.63) is 53.6 Å². The molecule has 0 atom stereocenters. The van der Waals surface area contributed by atoms with E-state index in [1.807, 2.05) is 36.1 Å². The summed E-state index contributed by atoms with van der Waals surface area (Å²) in [4.78, 5) is 12.0. The highest BCUT2D eigenvalue weighted by Crippen LogP contribution is 2.31. The summed E-state index contributed by atoms with van der Waals surface area (Å²) in [5, 5.41) is 4.51. The Morgan fingerprint density at radius 2 is 1.93 bits per heavy atom. The predicted molar refractivity (Wildman–Crippen MR) is 118 cm³/mol. The summed E-state index contributed by atoms with van der Waals surface area (Å²) in [5.41, 5.74) is 8.72. The van der Waals surface area contributed by atoms with Crippen molar-refractivity contribution in [3.8, 4) is 0 Å². The van der Waals surface area contributed by atoms with Crippen LogP contribution >= 0.6 is 0 Å². The van der Waals surface area contributed by atoms with Crippen LogP contribution in [-0.2, 0) is 16.4 Å². The van der Waals surface area contributed by atoms with E-state index in [9.17, 15) is 8.42 Å². The van der Waals surface area contributed by atoms with Crippen LogP contribution in [0.2, 0.25) is 0 Å². The molecule has 1 aromatic heterocycles. The number of aromatic nitrogens is 2. The highest BCUT2D eigenvalue weighted by atomic mass is 32.2. The molecule has 1 aliphatic heterocycles. The lowest BCUT2D eigenvalue weighted by molar-refractivity contribution is 0.373. The largest absolute Gasteiger partial charge is 0.367 e. The molecule has 1 aliphatic carbocycles. The molecule has 8 heteroatoms. The van der Waals surface area contributed by atoms with Crippen LogP contribution in [0.25, 0.3) is 10.9 Å². The van der Waals surface area contributed by atoms with Crippen molar-refractivity contribution >= 4 is 32.5 Å². The van der Waals surface area contributed by atoms with Crippen LogP contribution in [0, 0.1) is 6.92 Å². The number of rotatable bonds is 3. The van der Waals surface area contributed by atoms with E-state index in [1.165, 1.54) is 0 Å². The topological polar surface area (TPSA) is 101 Å². The maximum Gasteiger partial charge on any atom is 0.228 e. The van der Waals surface area contributed by atoms with E-state index in [1.54, 1.807) is 12.1 Å². The lowest BCUT2D eigenvalue weighted by Gasteiger charge is -2.34. The number of fused-ring (bicyclic) bond motifs is 2. The van der Waals surface area contributed by atoms with Crippen LogP contribution in [0.15, 0.2) is 47.4 Å². The molecule has 0 spiro atoms. The van der Waals surface area contributed by atoms with Crippen LogP contribution in [0.4, 0.5) is 11.8 Å². The van der Waals surface area contributed by atoms with Gasteiger partial charge in [-0.05, 0) is 43.5 Å². The number of hydrogen-bond donors (Lipinski definition) is 2. The molecule has 7 nitrogen and oxygen atoms in total. The van der Waals surface area contributed by atoms with Gasteiger partial charge in [-0.2, -0.15) is 4.98 Å². The highest BCUT2D eigenvalue weighted by molar-refractivity contribution is 7.91. The Bertz CT molecular complexity index is 1220. The lowest BCUT2D eigenvalue weighted by Crippen LogP contribution is -2.44. The molecule has 1 saturated carbocycles. The van der Waals surface area contributed by atoms with Gasteiger partial charge in [0.25, 0.3) is 0 Å². The molecule has 5 rings (SSSR count). The molecule has 2 heterocycles. The van der Waals surface area contributed by atoms with E-state index in [2.05, 4.69) is 11.4 Å². The fraction of sp³-hybridized carbons (Fsp3) is 0.364. The second-order valence-corrected chi connectivity index (χ2v) is 10.4. The fourth-order valence-electron chi connectivity index (χ4n) is 4.19. The maximum atomic E-state index is 12.7. The van der Waals surface area contributed by atoms with Crippen molar-refractivity contribution in [1.29, 1.82) is 0 Å². The summed E-state index contributed by atoms with van der Waals surface area (Å²) in [6.45, 7) is 2.86. The SMILES string of the molecule is Cc1ccc2nc(N3CCS(=O)(=O)c4ccccc4C3)nc(NC3CC(N)C3)c2c1. The zero-order valence-electron chi connectivity index (χ0n) is 16.9. The first-order valence-corrected chi connectivity index (χ1v) is 11.9. The highest BCUT2D eigenvalue weighted by Gasteiger charge is 2.29. The standard InChI is InChI=1S/C22H25N5O2S/c1-14-6-7-19-18(10-14)21(24-17-11-16(23)12-17)26-22(25-19)27-8-9-30(28,29)20-5-3-2-4-15(20)13-27/h2-7,10,16-17H,8-9,11-13,23H2,1H3,(H,24,25,26). The smallest absolute Gasteiger partial charge is 0.228 e. The van der Waals surface area contributed by atoms with Gasteiger partial charge in [0.15, 0.2) is 9.84 Å². The van der Waals surface area contributed by atoms with Crippen molar-refractivity contribution < 1.29 is 8.42 Å². The number of anilines is 2. The van der Waals surface area contributed by atoms with Gasteiger partial charge >= 0.3 is 0 Å². The normalized spacial score (nSPS) is 22.8. The van der Waals surface area contributed by atoms with Gasteiger partial charge in [0.2, 0.25) is 5.95 Å². The van der Waals surface area contributed by atoms with Gasteiger partial charge < -0.3 is 16.0 Å². The van der Waals surface area contributed by atoms with E-state index >= 15 is 0 Å². The van der Waals surface area contributed by atoms with Crippen molar-refractivity contribution in [2.24, 2.45) is 5.73 Å². The van der Waals surface area contributed by atoms with Crippen molar-refractivity contribution in [1.82, 2.24) is 9.97 Å². The Hall–Kier alpha value is -2.71. The molecule has 3 N–H and O–H groups in total. The second-order valence-electron chi connectivity index (χ2n) is 8.31. The molecule has 0 bridgehead atoms. The van der Waals surface area contributed by atoms with Crippen molar-refractivity contribution in [2.75, 3.05) is 22.5 Å². The number of sulfone groups is 1. The number of benzene rings is 2. The van der Waals surface area contributed by atoms with E-state index < -0.39 is 9.84 Å². The summed E-state index contributed by atoms with van der Waals surface area (Å²) in [5.74, 6) is 1.37. The molecule has 0 unspecified atom stereocenters. The van der Waals surface area contributed by atoms with E-state index in [-0.39, 0.29) is 11.8 Å². The summed E-state index contributed by atoms with van der Waals surface area (Å²) in [7, 11) is -3.32. The van der Waals surface area contributed by atoms with Gasteiger partial charge in [0.1, 0.15) is 5.82 Å². The van der Waals surface area contributed by atoms with E-state index in [0.29, 0.717) is 30.0 Å². The number of nitrogens with zero attached hydrogens (tertiary/aromatic N) is 3. The Balaban J connectivity index is 1.56. The molecular weight excluding hydrogens is 398 g/mol. The zero-order chi connectivity index (χ0) is 20.9. The quantitative estimate of drug-likeness (QED) is 0.668. The Morgan fingerprint density at radius 1 is 1.13 bits per heavy atom. The molecular formula is C22H25N5O2S. The molecule has 2 aromatic carbocycles. The molecule has 0 amide bonds. The molecule has 0 radical (unpaired) electrons. The van der Waals surface area contributed by atoms with Gasteiger partial charge in [0, 0.05) is 30.6 Å². The minimum absolute atomic E-state index is 0.0412. The third-order valence-corrected chi connectivity index (χ3v) is 7.72. The Kier molecular flexibility index (Phi) is 4.63. The number of nitrogens with one attached hydrogen (secondary N) is 1. The van der Waals surface area contributed by atoms with Crippen molar-refractivity contribution in [2.45, 2.75) is 43.3 Å². The minimum Gasteiger partial charge on any atom is -0.367 e. The molecule has 1 fully saturated rings. The maximum absolute atomic E-state index is 12.7. The van der Waals surface area contributed by atoms with Gasteiger partial charge in [-0.15, -0.1) is 0 Å². The van der Waals surface area contributed by atoms with Gasteiger partial charge in [0.05, 0.1) is 16.2 Å². The monoisotopic (exact) mass is 423 g/mol. The molecule has 156 valence electrons. The fourth-order valence-corrected chi connectivity index (χ4v) is 5.69. The van der Waals surface area contributed by atoms with Gasteiger partial charge in [-0.25, -0.2) is 13.4 Å². The summed E-state index contributed by atoms with van der Waals surface area (Å²) in [6.07, 6.45) is 1.84. The Morgan fingerprint density at radius 3 is 2.73 bits per heavy atom. The third kappa shape index (κ3) is 3.50. The second kappa shape index (κ2) is 7.21. The number of hydrogen-bond acceptors (Lipinski definition) is 7. The number of aryl methyl sites for hydroxylation is 1. The summed E-state index contributed by atoms with van der Waals surface area (Å²) < 4.78 is 25.4. The lowest BCUT2D eigenvalue weighted by atomic mass is 9.87. The van der Waals surface area contributed by atoms with Crippen LogP contribution < -0.4 is 16.0 Å². The molecule has 30 heavy (non-hydrogen) atoms. The Labute approximate surface area is 176 Å². The van der Waals surface area contributed by atoms with E-state index in [0.717, 1.165) is 40.7 Å². The average molecular weight is 424 g/mol. The first kappa shape index (κ1) is 19.3. The van der Waals surface area contributed by atoms with Gasteiger partial charge in [-0.1, -0.05) is 29.8 Å². The number of nitrogens with two attached hydrogens (primary N) is 1. The summed E-state index contributed by atoms with van der Waals surface area (Å²) >= 11 is 0. The molecule has 2 aliphatic rings. The summed E-state index contributed by atoms with van der Waals surface area (Å²) in [6, 6.07) is 13.8.